The van der Waals surface area contributed by atoms with Gasteiger partial charge in [-0.15, -0.1) is 0 Å². The molecule has 2 rings (SSSR count). The van der Waals surface area contributed by atoms with Crippen LogP contribution in [0, 0.1) is 13.8 Å². The average molecular weight is 270 g/mol. The lowest BCUT2D eigenvalue weighted by atomic mass is 9.90. The second-order valence-corrected chi connectivity index (χ2v) is 5.39. The molecule has 0 N–H and O–H groups in total. The summed E-state index contributed by atoms with van der Waals surface area (Å²) in [6.45, 7) is 10.4. The molecule has 0 fully saturated rings. The first-order valence-electron chi connectivity index (χ1n) is 7.02. The molecule has 0 radical (unpaired) electrons. The van der Waals surface area contributed by atoms with Crippen molar-refractivity contribution >= 4 is 17.2 Å². The minimum atomic E-state index is -0.0170. The van der Waals surface area contributed by atoms with E-state index in [1.54, 1.807) is 7.05 Å². The number of carbonyl (C=O) groups is 1. The number of rotatable bonds is 2. The number of nitrogens with zero attached hydrogens (tertiary/aromatic N) is 2. The lowest BCUT2D eigenvalue weighted by Crippen LogP contribution is -2.17. The molecule has 0 spiro atoms. The summed E-state index contributed by atoms with van der Waals surface area (Å²) in [6, 6.07) is 4.29. The Morgan fingerprint density at radius 2 is 1.85 bits per heavy atom. The molecule has 0 unspecified atom stereocenters. The predicted molar refractivity (Wildman–Crippen MR) is 83.8 cm³/mol. The normalized spacial score (nSPS) is 17.6. The van der Waals surface area contributed by atoms with Gasteiger partial charge in [0.05, 0.1) is 11.3 Å². The van der Waals surface area contributed by atoms with Gasteiger partial charge in [0.1, 0.15) is 0 Å². The van der Waals surface area contributed by atoms with Gasteiger partial charge in [-0.05, 0) is 61.9 Å². The van der Waals surface area contributed by atoms with E-state index in [0.717, 1.165) is 28.8 Å². The number of likely N-dealkylation sites (N-methyl/N-ethyl adjacent to an activating group) is 1. The van der Waals surface area contributed by atoms with E-state index in [0.29, 0.717) is 0 Å². The van der Waals surface area contributed by atoms with E-state index in [2.05, 4.69) is 38.0 Å². The van der Waals surface area contributed by atoms with E-state index >= 15 is 0 Å². The molecule has 0 saturated carbocycles. The Labute approximate surface area is 121 Å². The Balaban J connectivity index is 2.61. The van der Waals surface area contributed by atoms with Gasteiger partial charge in [0.2, 0.25) is 0 Å². The largest absolute Gasteiger partial charge is 0.275 e. The summed E-state index contributed by atoms with van der Waals surface area (Å²) in [6.07, 6.45) is 1.03. The molecule has 0 saturated heterocycles. The molecule has 106 valence electrons. The summed E-state index contributed by atoms with van der Waals surface area (Å²) >= 11 is 0. The number of hydrazone groups is 1. The molecule has 1 heterocycles. The van der Waals surface area contributed by atoms with Crippen LogP contribution in [0.4, 0.5) is 0 Å². The zero-order valence-electron chi connectivity index (χ0n) is 13.2. The lowest BCUT2D eigenvalue weighted by Gasteiger charge is -2.14. The van der Waals surface area contributed by atoms with E-state index in [-0.39, 0.29) is 5.91 Å². The maximum atomic E-state index is 12.2. The first-order chi connectivity index (χ1) is 9.38. The third-order valence-electron chi connectivity index (χ3n) is 4.23. The number of amides is 1. The van der Waals surface area contributed by atoms with Crippen LogP contribution in [-0.2, 0) is 11.2 Å². The first kappa shape index (κ1) is 14.5. The van der Waals surface area contributed by atoms with Crippen LogP contribution in [0.15, 0.2) is 22.8 Å². The summed E-state index contributed by atoms with van der Waals surface area (Å²) < 4.78 is 0. The monoisotopic (exact) mass is 270 g/mol. The molecule has 1 aromatic carbocycles. The fourth-order valence-corrected chi connectivity index (χ4v) is 2.87. The highest BCUT2D eigenvalue weighted by Gasteiger charge is 2.27. The molecule has 3 heteroatoms. The lowest BCUT2D eigenvalue weighted by molar-refractivity contribution is -0.124. The second-order valence-electron chi connectivity index (χ2n) is 5.39. The Kier molecular flexibility index (Phi) is 3.80. The molecular weight excluding hydrogens is 248 g/mol. The molecule has 0 aromatic heterocycles. The standard InChI is InChI=1S/C17H22N2O/c1-7-14-8-9-15(11(3)10(14)2)12(4)16-13(5)18-19(6)17(16)20/h8-9H,7H2,1-6H3. The predicted octanol–water partition coefficient (Wildman–Crippen LogP) is 3.49. The van der Waals surface area contributed by atoms with Gasteiger partial charge in [-0.2, -0.15) is 5.10 Å². The highest BCUT2D eigenvalue weighted by atomic mass is 16.2. The van der Waals surface area contributed by atoms with Crippen molar-refractivity contribution < 1.29 is 4.79 Å². The summed E-state index contributed by atoms with van der Waals surface area (Å²) in [5.41, 5.74) is 7.63. The maximum absolute atomic E-state index is 12.2. The van der Waals surface area contributed by atoms with Crippen LogP contribution in [0.3, 0.4) is 0 Å². The van der Waals surface area contributed by atoms with Crippen molar-refractivity contribution in [3.63, 3.8) is 0 Å². The average Bonchev–Trinajstić information content (AvgIpc) is 2.66. The highest BCUT2D eigenvalue weighted by Crippen LogP contribution is 2.29. The fourth-order valence-electron chi connectivity index (χ4n) is 2.87. The van der Waals surface area contributed by atoms with E-state index in [4.69, 9.17) is 0 Å². The summed E-state index contributed by atoms with van der Waals surface area (Å²) in [7, 11) is 1.70. The third kappa shape index (κ3) is 2.17. The third-order valence-corrected chi connectivity index (χ3v) is 4.23. The van der Waals surface area contributed by atoms with Gasteiger partial charge < -0.3 is 0 Å². The summed E-state index contributed by atoms with van der Waals surface area (Å²) in [5.74, 6) is -0.0170. The number of allylic oxidation sites excluding steroid dienone is 1. The number of aryl methyl sites for hydroxylation is 1. The minimum Gasteiger partial charge on any atom is -0.267 e. The Morgan fingerprint density at radius 1 is 1.20 bits per heavy atom. The molecule has 0 bridgehead atoms. The van der Waals surface area contributed by atoms with Crippen LogP contribution in [0.1, 0.15) is 43.0 Å². The molecule has 20 heavy (non-hydrogen) atoms. The molecule has 1 aliphatic heterocycles. The number of carbonyl (C=O) groups excluding carboxylic acids is 1. The van der Waals surface area contributed by atoms with Crippen molar-refractivity contribution in [2.45, 2.75) is 41.0 Å². The van der Waals surface area contributed by atoms with Gasteiger partial charge in [0, 0.05) is 7.05 Å². The van der Waals surface area contributed by atoms with Gasteiger partial charge >= 0.3 is 0 Å². The smallest absolute Gasteiger partial charge is 0.267 e. The van der Waals surface area contributed by atoms with Gasteiger partial charge in [-0.1, -0.05) is 19.1 Å². The van der Waals surface area contributed by atoms with Gasteiger partial charge in [0.25, 0.3) is 5.91 Å². The molecule has 1 aliphatic rings. The van der Waals surface area contributed by atoms with E-state index in [1.807, 2.05) is 13.8 Å². The highest BCUT2D eigenvalue weighted by molar-refractivity contribution is 6.28. The maximum Gasteiger partial charge on any atom is 0.275 e. The van der Waals surface area contributed by atoms with E-state index < -0.39 is 0 Å². The van der Waals surface area contributed by atoms with Gasteiger partial charge in [0.15, 0.2) is 0 Å². The number of hydrogen-bond acceptors (Lipinski definition) is 2. The molecular formula is C17H22N2O. The van der Waals surface area contributed by atoms with Crippen LogP contribution < -0.4 is 0 Å². The van der Waals surface area contributed by atoms with Crippen molar-refractivity contribution in [3.05, 3.63) is 40.0 Å². The van der Waals surface area contributed by atoms with Crippen molar-refractivity contribution in [2.75, 3.05) is 7.05 Å². The van der Waals surface area contributed by atoms with Gasteiger partial charge in [-0.25, -0.2) is 5.01 Å². The Hall–Kier alpha value is -1.90. The van der Waals surface area contributed by atoms with Gasteiger partial charge in [-0.3, -0.25) is 4.79 Å². The number of benzene rings is 1. The van der Waals surface area contributed by atoms with Crippen LogP contribution in [0.2, 0.25) is 0 Å². The van der Waals surface area contributed by atoms with Crippen LogP contribution in [-0.4, -0.2) is 23.7 Å². The van der Waals surface area contributed by atoms with Crippen molar-refractivity contribution in [3.8, 4) is 0 Å². The quantitative estimate of drug-likeness (QED) is 0.757. The van der Waals surface area contributed by atoms with E-state index in [9.17, 15) is 4.79 Å². The summed E-state index contributed by atoms with van der Waals surface area (Å²) in [4.78, 5) is 12.2. The van der Waals surface area contributed by atoms with Crippen molar-refractivity contribution in [2.24, 2.45) is 5.10 Å². The molecule has 3 nitrogen and oxygen atoms in total. The van der Waals surface area contributed by atoms with Crippen LogP contribution in [0.5, 0.6) is 0 Å². The first-order valence-corrected chi connectivity index (χ1v) is 7.02. The molecule has 0 atom stereocenters. The topological polar surface area (TPSA) is 32.7 Å². The second kappa shape index (κ2) is 5.23. The van der Waals surface area contributed by atoms with E-state index in [1.165, 1.54) is 21.7 Å². The minimum absolute atomic E-state index is 0.0170. The SMILES string of the molecule is CCc1ccc(C(C)=C2C(=O)N(C)N=C2C)c(C)c1C. The summed E-state index contributed by atoms with van der Waals surface area (Å²) in [5, 5.41) is 5.64. The fraction of sp³-hybridized carbons (Fsp3) is 0.412. The van der Waals surface area contributed by atoms with Crippen LogP contribution >= 0.6 is 0 Å². The molecule has 0 aliphatic carbocycles. The zero-order chi connectivity index (χ0) is 15.0. The van der Waals surface area contributed by atoms with Crippen molar-refractivity contribution in [1.29, 1.82) is 0 Å². The zero-order valence-corrected chi connectivity index (χ0v) is 13.2. The number of hydrogen-bond donors (Lipinski definition) is 0. The Bertz CT molecular complexity index is 639. The molecule has 1 amide bonds. The van der Waals surface area contributed by atoms with Crippen molar-refractivity contribution in [1.82, 2.24) is 5.01 Å². The van der Waals surface area contributed by atoms with Crippen LogP contribution in [0.25, 0.3) is 5.57 Å². The Morgan fingerprint density at radius 3 is 2.35 bits per heavy atom. The molecule has 1 aromatic rings.